The molecule has 1 nitrogen and oxygen atoms in total. The van der Waals surface area contributed by atoms with Crippen molar-refractivity contribution in [3.63, 3.8) is 0 Å². The van der Waals surface area contributed by atoms with Crippen molar-refractivity contribution in [3.8, 4) is 50.2 Å². The fourth-order valence-electron chi connectivity index (χ4n) is 6.31. The summed E-state index contributed by atoms with van der Waals surface area (Å²) in [6, 6.07) is 61.3. The van der Waals surface area contributed by atoms with Gasteiger partial charge in [-0.1, -0.05) is 131 Å². The second-order valence-corrected chi connectivity index (χ2v) is 12.1. The molecule has 0 fully saturated rings. The molecule has 44 heavy (non-hydrogen) atoms. The summed E-state index contributed by atoms with van der Waals surface area (Å²) in [5.74, 6) is 0. The van der Waals surface area contributed by atoms with Crippen molar-refractivity contribution < 1.29 is 0 Å². The summed E-state index contributed by atoms with van der Waals surface area (Å²) < 4.78 is 3.49. The zero-order valence-electron chi connectivity index (χ0n) is 24.0. The van der Waals surface area contributed by atoms with Gasteiger partial charge in [0.05, 0.1) is 11.0 Å². The lowest BCUT2D eigenvalue weighted by Crippen LogP contribution is -1.96. The average molecular weight is 627 g/mol. The maximum Gasteiger partial charge on any atom is 0.0541 e. The molecule has 208 valence electrons. The van der Waals surface area contributed by atoms with Gasteiger partial charge < -0.3 is 4.57 Å². The number of benzene rings is 7. The highest BCUT2D eigenvalue weighted by atomic mass is 79.9. The highest BCUT2D eigenvalue weighted by Crippen LogP contribution is 2.38. The molecule has 0 saturated heterocycles. The Hall–Kier alpha value is -5.18. The van der Waals surface area contributed by atoms with Gasteiger partial charge in [0.15, 0.2) is 0 Å². The number of para-hydroxylation sites is 1. The molecular weight excluding hydrogens is 598 g/mol. The van der Waals surface area contributed by atoms with Crippen LogP contribution in [-0.4, -0.2) is 4.57 Å². The van der Waals surface area contributed by atoms with Crippen LogP contribution in [0.2, 0.25) is 0 Å². The van der Waals surface area contributed by atoms with Crippen LogP contribution in [0, 0.1) is 0 Å². The topological polar surface area (TPSA) is 4.93 Å². The van der Waals surface area contributed by atoms with E-state index in [2.05, 4.69) is 190 Å². The molecule has 2 heteroatoms. The summed E-state index contributed by atoms with van der Waals surface area (Å²) in [5.41, 5.74) is 13.1. The van der Waals surface area contributed by atoms with Crippen molar-refractivity contribution in [3.05, 3.63) is 174 Å². The summed E-state index contributed by atoms with van der Waals surface area (Å²) in [5, 5.41) is 2.48. The Morgan fingerprint density at radius 2 is 0.773 bits per heavy atom. The monoisotopic (exact) mass is 625 g/mol. The van der Waals surface area contributed by atoms with Crippen molar-refractivity contribution in [1.82, 2.24) is 4.57 Å². The molecule has 0 saturated carbocycles. The lowest BCUT2D eigenvalue weighted by Gasteiger charge is -2.15. The molecule has 0 atom stereocenters. The molecule has 1 heterocycles. The van der Waals surface area contributed by atoms with E-state index in [9.17, 15) is 0 Å². The standard InChI is InChI=1S/C42H28BrN/c43-37-21-22-42-40(28-37)39-19-7-8-20-41(39)44(42)38-26-35(33-17-9-15-31(23-33)29-11-3-1-4-12-29)25-36(27-38)34-18-10-16-32(24-34)30-13-5-2-6-14-30/h1-28H. The molecule has 0 N–H and O–H groups in total. The third-order valence-electron chi connectivity index (χ3n) is 8.42. The minimum absolute atomic E-state index is 1.08. The largest absolute Gasteiger partial charge is 0.309 e. The number of halogens is 1. The first-order valence-corrected chi connectivity index (χ1v) is 15.7. The van der Waals surface area contributed by atoms with Gasteiger partial charge in [-0.25, -0.2) is 0 Å². The number of hydrogen-bond acceptors (Lipinski definition) is 0. The molecule has 1 aromatic heterocycles. The molecule has 0 radical (unpaired) electrons. The number of hydrogen-bond donors (Lipinski definition) is 0. The number of rotatable bonds is 5. The van der Waals surface area contributed by atoms with Crippen LogP contribution in [0.15, 0.2) is 174 Å². The second kappa shape index (κ2) is 11.1. The van der Waals surface area contributed by atoms with E-state index in [0.29, 0.717) is 0 Å². The Labute approximate surface area is 265 Å². The van der Waals surface area contributed by atoms with Crippen LogP contribution in [0.4, 0.5) is 0 Å². The third kappa shape index (κ3) is 4.84. The smallest absolute Gasteiger partial charge is 0.0541 e. The molecule has 7 aromatic carbocycles. The van der Waals surface area contributed by atoms with E-state index < -0.39 is 0 Å². The molecule has 0 aliphatic heterocycles. The summed E-state index contributed by atoms with van der Waals surface area (Å²) in [6.45, 7) is 0. The summed E-state index contributed by atoms with van der Waals surface area (Å²) in [6.07, 6.45) is 0. The zero-order chi connectivity index (χ0) is 29.5. The van der Waals surface area contributed by atoms with E-state index in [1.54, 1.807) is 0 Å². The van der Waals surface area contributed by atoms with Crippen LogP contribution in [0.25, 0.3) is 72.0 Å². The molecule has 0 aliphatic carbocycles. The minimum atomic E-state index is 1.08. The van der Waals surface area contributed by atoms with E-state index in [4.69, 9.17) is 0 Å². The Morgan fingerprint density at radius 1 is 0.318 bits per heavy atom. The zero-order valence-corrected chi connectivity index (χ0v) is 25.6. The highest BCUT2D eigenvalue weighted by Gasteiger charge is 2.15. The summed E-state index contributed by atoms with van der Waals surface area (Å²) >= 11 is 3.71. The normalized spacial score (nSPS) is 11.3. The van der Waals surface area contributed by atoms with Crippen molar-refractivity contribution in [1.29, 1.82) is 0 Å². The highest BCUT2D eigenvalue weighted by molar-refractivity contribution is 9.10. The van der Waals surface area contributed by atoms with E-state index in [0.717, 1.165) is 10.2 Å². The first-order valence-electron chi connectivity index (χ1n) is 14.9. The van der Waals surface area contributed by atoms with Crippen molar-refractivity contribution in [2.45, 2.75) is 0 Å². The lowest BCUT2D eigenvalue weighted by molar-refractivity contribution is 1.18. The lowest BCUT2D eigenvalue weighted by atomic mass is 9.94. The molecule has 0 amide bonds. The maximum absolute atomic E-state index is 3.71. The van der Waals surface area contributed by atoms with Gasteiger partial charge in [-0.05, 0) is 99.1 Å². The van der Waals surface area contributed by atoms with Gasteiger partial charge in [-0.2, -0.15) is 0 Å². The predicted molar refractivity (Wildman–Crippen MR) is 190 cm³/mol. The van der Waals surface area contributed by atoms with Gasteiger partial charge in [-0.3, -0.25) is 0 Å². The van der Waals surface area contributed by atoms with E-state index in [-0.39, 0.29) is 0 Å². The van der Waals surface area contributed by atoms with Gasteiger partial charge >= 0.3 is 0 Å². The van der Waals surface area contributed by atoms with Crippen molar-refractivity contribution in [2.75, 3.05) is 0 Å². The maximum atomic E-state index is 3.71. The van der Waals surface area contributed by atoms with Gasteiger partial charge in [-0.15, -0.1) is 0 Å². The van der Waals surface area contributed by atoms with Crippen LogP contribution in [-0.2, 0) is 0 Å². The second-order valence-electron chi connectivity index (χ2n) is 11.2. The van der Waals surface area contributed by atoms with E-state index in [1.807, 2.05) is 0 Å². The average Bonchev–Trinajstić information content (AvgIpc) is 3.42. The minimum Gasteiger partial charge on any atom is -0.309 e. The van der Waals surface area contributed by atoms with Gasteiger partial charge in [0, 0.05) is 20.9 Å². The Morgan fingerprint density at radius 3 is 1.36 bits per heavy atom. The Kier molecular flexibility index (Phi) is 6.70. The number of nitrogens with zero attached hydrogens (tertiary/aromatic N) is 1. The van der Waals surface area contributed by atoms with Crippen LogP contribution in [0.1, 0.15) is 0 Å². The van der Waals surface area contributed by atoms with Crippen LogP contribution in [0.5, 0.6) is 0 Å². The fourth-order valence-corrected chi connectivity index (χ4v) is 6.68. The van der Waals surface area contributed by atoms with Gasteiger partial charge in [0.2, 0.25) is 0 Å². The van der Waals surface area contributed by atoms with Crippen molar-refractivity contribution >= 4 is 37.7 Å². The van der Waals surface area contributed by atoms with Crippen LogP contribution >= 0.6 is 15.9 Å². The summed E-state index contributed by atoms with van der Waals surface area (Å²) in [7, 11) is 0. The first-order chi connectivity index (χ1) is 21.7. The third-order valence-corrected chi connectivity index (χ3v) is 8.91. The summed E-state index contributed by atoms with van der Waals surface area (Å²) in [4.78, 5) is 0. The Bertz CT molecular complexity index is 2180. The van der Waals surface area contributed by atoms with E-state index >= 15 is 0 Å². The van der Waals surface area contributed by atoms with Gasteiger partial charge in [0.1, 0.15) is 0 Å². The molecular formula is C42H28BrN. The quantitative estimate of drug-likeness (QED) is 0.179. The van der Waals surface area contributed by atoms with E-state index in [1.165, 1.54) is 66.3 Å². The van der Waals surface area contributed by atoms with Crippen LogP contribution < -0.4 is 0 Å². The molecule has 8 aromatic rings. The number of aromatic nitrogens is 1. The molecule has 0 unspecified atom stereocenters. The van der Waals surface area contributed by atoms with Crippen molar-refractivity contribution in [2.24, 2.45) is 0 Å². The van der Waals surface area contributed by atoms with Gasteiger partial charge in [0.25, 0.3) is 0 Å². The Balaban J connectivity index is 1.38. The molecule has 0 bridgehead atoms. The molecule has 0 aliphatic rings. The first kappa shape index (κ1) is 26.4. The fraction of sp³-hybridized carbons (Fsp3) is 0. The molecule has 8 rings (SSSR count). The van der Waals surface area contributed by atoms with Crippen LogP contribution in [0.3, 0.4) is 0 Å². The molecule has 0 spiro atoms. The number of fused-ring (bicyclic) bond motifs is 3. The SMILES string of the molecule is Brc1ccc2c(c1)c1ccccc1n2-c1cc(-c2cccc(-c3ccccc3)c2)cc(-c2cccc(-c3ccccc3)c2)c1. The predicted octanol–water partition coefficient (Wildman–Crippen LogP) is 12.2.